The van der Waals surface area contributed by atoms with E-state index in [2.05, 4.69) is 10.6 Å². The molecular weight excluding hydrogens is 390 g/mol. The van der Waals surface area contributed by atoms with Crippen molar-refractivity contribution in [1.29, 1.82) is 0 Å². The van der Waals surface area contributed by atoms with Gasteiger partial charge in [-0.05, 0) is 68.1 Å². The zero-order valence-electron chi connectivity index (χ0n) is 16.7. The first-order chi connectivity index (χ1) is 13.9. The minimum Gasteiger partial charge on any atom is -0.481 e. The number of carbonyl (C=O) groups is 2. The number of nitrogens with zero attached hydrogens (tertiary/aromatic N) is 1. The van der Waals surface area contributed by atoms with Gasteiger partial charge in [0.25, 0.3) is 5.91 Å². The Morgan fingerprint density at radius 2 is 1.93 bits per heavy atom. The van der Waals surface area contributed by atoms with Crippen LogP contribution in [0.4, 0.5) is 10.5 Å². The number of carbonyl (C=O) groups excluding carboxylic acids is 2. The van der Waals surface area contributed by atoms with Crippen molar-refractivity contribution < 1.29 is 14.3 Å². The molecule has 0 radical (unpaired) electrons. The van der Waals surface area contributed by atoms with Crippen LogP contribution < -0.4 is 15.4 Å². The van der Waals surface area contributed by atoms with Gasteiger partial charge in [0.05, 0.1) is 0 Å². The summed E-state index contributed by atoms with van der Waals surface area (Å²) in [7, 11) is 0. The molecule has 1 saturated heterocycles. The number of halogens is 1. The summed E-state index contributed by atoms with van der Waals surface area (Å²) < 4.78 is 5.75. The minimum atomic E-state index is -0.645. The largest absolute Gasteiger partial charge is 0.481 e. The molecule has 154 valence electrons. The molecule has 0 aromatic heterocycles. The van der Waals surface area contributed by atoms with Crippen LogP contribution in [0.15, 0.2) is 42.5 Å². The highest BCUT2D eigenvalue weighted by Crippen LogP contribution is 2.23. The average molecular weight is 416 g/mol. The van der Waals surface area contributed by atoms with Gasteiger partial charge < -0.3 is 20.3 Å². The zero-order valence-corrected chi connectivity index (χ0v) is 17.5. The van der Waals surface area contributed by atoms with Crippen LogP contribution >= 0.6 is 11.6 Å². The lowest BCUT2D eigenvalue weighted by molar-refractivity contribution is -0.127. The van der Waals surface area contributed by atoms with Crippen molar-refractivity contribution in [2.45, 2.75) is 39.3 Å². The average Bonchev–Trinajstić information content (AvgIpc) is 3.23. The van der Waals surface area contributed by atoms with Gasteiger partial charge in [0.1, 0.15) is 5.75 Å². The molecule has 2 aromatic carbocycles. The Bertz CT molecular complexity index is 881. The van der Waals surface area contributed by atoms with E-state index in [1.165, 1.54) is 0 Å². The van der Waals surface area contributed by atoms with E-state index in [-0.39, 0.29) is 11.9 Å². The van der Waals surface area contributed by atoms with Crippen molar-refractivity contribution >= 4 is 29.2 Å². The van der Waals surface area contributed by atoms with Crippen LogP contribution in [0.5, 0.6) is 5.75 Å². The second kappa shape index (κ2) is 9.65. The quantitative estimate of drug-likeness (QED) is 0.736. The fourth-order valence-corrected chi connectivity index (χ4v) is 3.43. The number of benzene rings is 2. The lowest BCUT2D eigenvalue weighted by Crippen LogP contribution is -2.36. The molecule has 0 unspecified atom stereocenters. The fourth-order valence-electron chi connectivity index (χ4n) is 3.20. The molecule has 7 heteroatoms. The molecule has 0 aliphatic carbocycles. The molecule has 0 saturated carbocycles. The molecule has 3 amide bonds. The Morgan fingerprint density at radius 3 is 2.66 bits per heavy atom. The summed E-state index contributed by atoms with van der Waals surface area (Å²) in [5.74, 6) is 0.412. The summed E-state index contributed by atoms with van der Waals surface area (Å²) in [5, 5.41) is 6.42. The number of likely N-dealkylation sites (tertiary alicyclic amines) is 1. The molecule has 0 spiro atoms. The Hall–Kier alpha value is -2.73. The number of rotatable bonds is 6. The summed E-state index contributed by atoms with van der Waals surface area (Å²) in [6.45, 7) is 5.53. The van der Waals surface area contributed by atoms with Crippen molar-refractivity contribution in [3.05, 3.63) is 58.6 Å². The third kappa shape index (κ3) is 5.87. The number of hydrogen-bond donors (Lipinski definition) is 2. The first kappa shape index (κ1) is 21.0. The standard InChI is InChI=1S/C22H26ClN3O3/c1-15-12-18(23)8-9-20(15)29-16(2)21(27)24-14-17-6-5-7-19(13-17)25-22(28)26-10-3-4-11-26/h5-9,12-13,16H,3-4,10-11,14H2,1-2H3,(H,24,27)(H,25,28)/t16-/m0/s1. The highest BCUT2D eigenvalue weighted by atomic mass is 35.5. The molecule has 1 aliphatic rings. The van der Waals surface area contributed by atoms with E-state index in [0.29, 0.717) is 17.3 Å². The van der Waals surface area contributed by atoms with Crippen LogP contribution in [-0.2, 0) is 11.3 Å². The third-order valence-electron chi connectivity index (χ3n) is 4.85. The number of urea groups is 1. The van der Waals surface area contributed by atoms with Gasteiger partial charge in [-0.3, -0.25) is 4.79 Å². The highest BCUT2D eigenvalue weighted by Gasteiger charge is 2.18. The van der Waals surface area contributed by atoms with Crippen molar-refractivity contribution in [1.82, 2.24) is 10.2 Å². The van der Waals surface area contributed by atoms with Gasteiger partial charge in [0.15, 0.2) is 6.10 Å². The number of aryl methyl sites for hydroxylation is 1. The van der Waals surface area contributed by atoms with E-state index in [1.807, 2.05) is 36.1 Å². The van der Waals surface area contributed by atoms with Gasteiger partial charge >= 0.3 is 6.03 Å². The zero-order chi connectivity index (χ0) is 20.8. The van der Waals surface area contributed by atoms with Crippen LogP contribution in [0.25, 0.3) is 0 Å². The molecule has 6 nitrogen and oxygen atoms in total. The Labute approximate surface area is 176 Å². The maximum atomic E-state index is 12.4. The molecular formula is C22H26ClN3O3. The number of nitrogens with one attached hydrogen (secondary N) is 2. The summed E-state index contributed by atoms with van der Waals surface area (Å²) in [4.78, 5) is 26.4. The maximum Gasteiger partial charge on any atom is 0.321 e. The van der Waals surface area contributed by atoms with Crippen LogP contribution in [0.3, 0.4) is 0 Å². The van der Waals surface area contributed by atoms with Crippen molar-refractivity contribution in [3.63, 3.8) is 0 Å². The van der Waals surface area contributed by atoms with Gasteiger partial charge in [-0.25, -0.2) is 4.79 Å². The monoisotopic (exact) mass is 415 g/mol. The highest BCUT2D eigenvalue weighted by molar-refractivity contribution is 6.30. The molecule has 1 aliphatic heterocycles. The van der Waals surface area contributed by atoms with Gasteiger partial charge in [-0.2, -0.15) is 0 Å². The van der Waals surface area contributed by atoms with Crippen LogP contribution in [0.1, 0.15) is 30.9 Å². The first-order valence-corrected chi connectivity index (χ1v) is 10.2. The number of anilines is 1. The second-order valence-corrected chi connectivity index (χ2v) is 7.65. The van der Waals surface area contributed by atoms with Gasteiger partial charge in [0.2, 0.25) is 0 Å². The molecule has 29 heavy (non-hydrogen) atoms. The second-order valence-electron chi connectivity index (χ2n) is 7.21. The Kier molecular flexibility index (Phi) is 6.99. The van der Waals surface area contributed by atoms with Crippen molar-refractivity contribution in [2.75, 3.05) is 18.4 Å². The third-order valence-corrected chi connectivity index (χ3v) is 5.08. The topological polar surface area (TPSA) is 70.7 Å². The normalized spacial score (nSPS) is 14.4. The SMILES string of the molecule is Cc1cc(Cl)ccc1O[C@@H](C)C(=O)NCc1cccc(NC(=O)N2CCCC2)c1. The lowest BCUT2D eigenvalue weighted by Gasteiger charge is -2.17. The van der Waals surface area contributed by atoms with Gasteiger partial charge in [0, 0.05) is 30.3 Å². The smallest absolute Gasteiger partial charge is 0.321 e. The van der Waals surface area contributed by atoms with Crippen molar-refractivity contribution in [3.8, 4) is 5.75 Å². The van der Waals surface area contributed by atoms with E-state index in [0.717, 1.165) is 42.7 Å². The molecule has 1 fully saturated rings. The van der Waals surface area contributed by atoms with Crippen LogP contribution in [0, 0.1) is 6.92 Å². The lowest BCUT2D eigenvalue weighted by atomic mass is 10.2. The van der Waals surface area contributed by atoms with E-state index in [4.69, 9.17) is 16.3 Å². The Balaban J connectivity index is 1.52. The summed E-state index contributed by atoms with van der Waals surface area (Å²) in [6, 6.07) is 12.7. The molecule has 0 bridgehead atoms. The van der Waals surface area contributed by atoms with Gasteiger partial charge in [-0.1, -0.05) is 23.7 Å². The summed E-state index contributed by atoms with van der Waals surface area (Å²) >= 11 is 5.95. The molecule has 1 heterocycles. The predicted molar refractivity (Wildman–Crippen MR) is 114 cm³/mol. The molecule has 1 atom stereocenters. The summed E-state index contributed by atoms with van der Waals surface area (Å²) in [5.41, 5.74) is 2.49. The first-order valence-electron chi connectivity index (χ1n) is 9.78. The van der Waals surface area contributed by atoms with E-state index >= 15 is 0 Å². The van der Waals surface area contributed by atoms with Crippen molar-refractivity contribution in [2.24, 2.45) is 0 Å². The number of ether oxygens (including phenoxy) is 1. The van der Waals surface area contributed by atoms with E-state index in [1.54, 1.807) is 25.1 Å². The fraction of sp³-hybridized carbons (Fsp3) is 0.364. The van der Waals surface area contributed by atoms with Crippen LogP contribution in [0.2, 0.25) is 5.02 Å². The molecule has 3 rings (SSSR count). The number of amides is 3. The van der Waals surface area contributed by atoms with E-state index < -0.39 is 6.10 Å². The Morgan fingerprint density at radius 1 is 1.17 bits per heavy atom. The molecule has 2 aromatic rings. The van der Waals surface area contributed by atoms with Crippen LogP contribution in [-0.4, -0.2) is 36.0 Å². The predicted octanol–water partition coefficient (Wildman–Crippen LogP) is 4.36. The number of hydrogen-bond acceptors (Lipinski definition) is 3. The maximum absolute atomic E-state index is 12.4. The summed E-state index contributed by atoms with van der Waals surface area (Å²) in [6.07, 6.45) is 1.46. The molecule has 2 N–H and O–H groups in total. The van der Waals surface area contributed by atoms with E-state index in [9.17, 15) is 9.59 Å². The minimum absolute atomic E-state index is 0.0796. The van der Waals surface area contributed by atoms with Gasteiger partial charge in [-0.15, -0.1) is 0 Å².